The number of anilines is 1. The zero-order chi connectivity index (χ0) is 19.7. The zero-order valence-electron chi connectivity index (χ0n) is 15.0. The number of methoxy groups -OCH3 is 1. The highest BCUT2D eigenvalue weighted by atomic mass is 32.1. The van der Waals surface area contributed by atoms with Gasteiger partial charge in [0.05, 0.1) is 18.2 Å². The average Bonchev–Trinajstić information content (AvgIpc) is 3.38. The smallest absolute Gasteiger partial charge is 0.329 e. The Morgan fingerprint density at radius 1 is 1.21 bits per heavy atom. The molecule has 1 amide bonds. The van der Waals surface area contributed by atoms with Gasteiger partial charge in [-0.25, -0.2) is 9.78 Å². The number of benzene rings is 1. The summed E-state index contributed by atoms with van der Waals surface area (Å²) in [6, 6.07) is 12.6. The van der Waals surface area contributed by atoms with Gasteiger partial charge in [0.25, 0.3) is 11.5 Å². The molecule has 0 bridgehead atoms. The van der Waals surface area contributed by atoms with Crippen LogP contribution in [0.5, 0.6) is 0 Å². The van der Waals surface area contributed by atoms with Gasteiger partial charge in [0.1, 0.15) is 17.6 Å². The molecule has 28 heavy (non-hydrogen) atoms. The van der Waals surface area contributed by atoms with Crippen LogP contribution in [0.3, 0.4) is 0 Å². The third kappa shape index (κ3) is 3.22. The summed E-state index contributed by atoms with van der Waals surface area (Å²) in [5, 5.41) is 2.62. The van der Waals surface area contributed by atoms with Gasteiger partial charge in [0.2, 0.25) is 0 Å². The number of ether oxygens (including phenoxy) is 1. The van der Waals surface area contributed by atoms with Crippen LogP contribution in [-0.4, -0.2) is 28.5 Å². The van der Waals surface area contributed by atoms with Gasteiger partial charge in [-0.1, -0.05) is 30.3 Å². The van der Waals surface area contributed by atoms with E-state index in [1.165, 1.54) is 29.2 Å². The molecule has 0 saturated carbocycles. The van der Waals surface area contributed by atoms with Crippen molar-refractivity contribution in [3.8, 4) is 10.4 Å². The monoisotopic (exact) mass is 395 g/mol. The van der Waals surface area contributed by atoms with E-state index in [-0.39, 0.29) is 11.6 Å². The molecule has 0 fully saturated rings. The van der Waals surface area contributed by atoms with Gasteiger partial charge in [-0.05, 0) is 24.1 Å². The number of aromatic nitrogens is 2. The zero-order valence-corrected chi connectivity index (χ0v) is 15.9. The summed E-state index contributed by atoms with van der Waals surface area (Å²) >= 11 is 1.34. The number of aryl methyl sites for hydroxylation is 1. The van der Waals surface area contributed by atoms with E-state index < -0.39 is 17.6 Å². The summed E-state index contributed by atoms with van der Waals surface area (Å²) in [4.78, 5) is 43.0. The molecule has 1 aliphatic rings. The Morgan fingerprint density at radius 2 is 2.00 bits per heavy atom. The molecule has 1 aromatic carbocycles. The van der Waals surface area contributed by atoms with Crippen LogP contribution in [0.25, 0.3) is 10.4 Å². The fourth-order valence-electron chi connectivity index (χ4n) is 3.25. The molecule has 142 valence electrons. The van der Waals surface area contributed by atoms with E-state index in [1.54, 1.807) is 6.07 Å². The van der Waals surface area contributed by atoms with Gasteiger partial charge in [-0.2, -0.15) is 0 Å². The molecule has 2 aromatic heterocycles. The summed E-state index contributed by atoms with van der Waals surface area (Å²) in [5.41, 5.74) is 0.608. The average molecular weight is 395 g/mol. The number of fused-ring (bicyclic) bond motifs is 1. The van der Waals surface area contributed by atoms with Crippen molar-refractivity contribution in [1.29, 1.82) is 0 Å². The van der Waals surface area contributed by atoms with Crippen molar-refractivity contribution in [3.63, 3.8) is 0 Å². The van der Waals surface area contributed by atoms with E-state index >= 15 is 0 Å². The van der Waals surface area contributed by atoms with Crippen LogP contribution in [0, 0.1) is 0 Å². The Bertz CT molecular complexity index is 1100. The minimum Gasteiger partial charge on any atom is -0.467 e. The topological polar surface area (TPSA) is 90.3 Å². The maximum absolute atomic E-state index is 12.8. The van der Waals surface area contributed by atoms with Gasteiger partial charge < -0.3 is 10.1 Å². The van der Waals surface area contributed by atoms with Gasteiger partial charge in [0, 0.05) is 11.3 Å². The molecule has 7 nitrogen and oxygen atoms in total. The molecule has 0 radical (unpaired) electrons. The Labute approximate surface area is 164 Å². The van der Waals surface area contributed by atoms with Crippen molar-refractivity contribution in [2.75, 3.05) is 12.4 Å². The number of nitrogens with one attached hydrogen (secondary N) is 1. The van der Waals surface area contributed by atoms with Crippen molar-refractivity contribution >= 4 is 28.9 Å². The van der Waals surface area contributed by atoms with E-state index in [9.17, 15) is 14.4 Å². The number of hydrogen-bond acceptors (Lipinski definition) is 6. The van der Waals surface area contributed by atoms with Crippen molar-refractivity contribution in [2.24, 2.45) is 0 Å². The maximum Gasteiger partial charge on any atom is 0.329 e. The second kappa shape index (κ2) is 7.40. The molecule has 1 N–H and O–H groups in total. The first-order valence-electron chi connectivity index (χ1n) is 8.73. The van der Waals surface area contributed by atoms with E-state index in [2.05, 4.69) is 10.3 Å². The van der Waals surface area contributed by atoms with Crippen molar-refractivity contribution in [3.05, 3.63) is 69.7 Å². The number of carbonyl (C=O) groups is 2. The Balaban J connectivity index is 1.59. The number of hydrogen-bond donors (Lipinski definition) is 1. The third-order valence-corrected chi connectivity index (χ3v) is 5.77. The number of carbonyl (C=O) groups excluding carboxylic acids is 2. The SMILES string of the molecule is COC(=O)[C@@H]1CCc2ncc(NC(=O)c3ccc(-c4ccccc4)s3)c(=O)n21. The van der Waals surface area contributed by atoms with Gasteiger partial charge >= 0.3 is 5.97 Å². The summed E-state index contributed by atoms with van der Waals surface area (Å²) in [5.74, 6) is -0.364. The summed E-state index contributed by atoms with van der Waals surface area (Å²) in [6.45, 7) is 0. The predicted molar refractivity (Wildman–Crippen MR) is 106 cm³/mol. The lowest BCUT2D eigenvalue weighted by Crippen LogP contribution is -2.31. The Morgan fingerprint density at radius 3 is 2.75 bits per heavy atom. The molecule has 0 unspecified atom stereocenters. The molecule has 0 saturated heterocycles. The van der Waals surface area contributed by atoms with Crippen LogP contribution < -0.4 is 10.9 Å². The van der Waals surface area contributed by atoms with Crippen LogP contribution in [0.2, 0.25) is 0 Å². The molecule has 0 aliphatic carbocycles. The molecule has 0 spiro atoms. The van der Waals surface area contributed by atoms with Crippen LogP contribution in [-0.2, 0) is 16.0 Å². The Hall–Kier alpha value is -3.26. The predicted octanol–water partition coefficient (Wildman–Crippen LogP) is 2.88. The van der Waals surface area contributed by atoms with Crippen molar-refractivity contribution in [2.45, 2.75) is 18.9 Å². The molecule has 1 atom stereocenters. The van der Waals surface area contributed by atoms with Gasteiger partial charge in [0.15, 0.2) is 0 Å². The van der Waals surface area contributed by atoms with Crippen LogP contribution in [0.15, 0.2) is 53.5 Å². The van der Waals surface area contributed by atoms with Gasteiger partial charge in [-0.15, -0.1) is 11.3 Å². The fraction of sp³-hybridized carbons (Fsp3) is 0.200. The van der Waals surface area contributed by atoms with Crippen molar-refractivity contribution < 1.29 is 14.3 Å². The maximum atomic E-state index is 12.8. The van der Waals surface area contributed by atoms with Crippen LogP contribution >= 0.6 is 11.3 Å². The first-order chi connectivity index (χ1) is 13.6. The minimum absolute atomic E-state index is 0.0409. The summed E-state index contributed by atoms with van der Waals surface area (Å²) < 4.78 is 6.08. The van der Waals surface area contributed by atoms with E-state index in [4.69, 9.17) is 4.74 Å². The van der Waals surface area contributed by atoms with E-state index in [0.29, 0.717) is 23.5 Å². The first-order valence-corrected chi connectivity index (χ1v) is 9.55. The minimum atomic E-state index is -0.705. The molecule has 3 aromatic rings. The summed E-state index contributed by atoms with van der Waals surface area (Å²) in [6.07, 6.45) is 2.31. The lowest BCUT2D eigenvalue weighted by molar-refractivity contribution is -0.144. The third-order valence-electron chi connectivity index (χ3n) is 4.63. The second-order valence-electron chi connectivity index (χ2n) is 6.32. The van der Waals surface area contributed by atoms with E-state index in [0.717, 1.165) is 10.4 Å². The highest BCUT2D eigenvalue weighted by molar-refractivity contribution is 7.17. The first kappa shape index (κ1) is 18.1. The molecular formula is C20H17N3O4S. The van der Waals surface area contributed by atoms with Crippen molar-refractivity contribution in [1.82, 2.24) is 9.55 Å². The molecule has 4 rings (SSSR count). The molecule has 1 aliphatic heterocycles. The Kier molecular flexibility index (Phi) is 4.79. The lowest BCUT2D eigenvalue weighted by atomic mass is 10.2. The van der Waals surface area contributed by atoms with Crippen LogP contribution in [0.4, 0.5) is 5.69 Å². The fourth-order valence-corrected chi connectivity index (χ4v) is 4.16. The number of esters is 1. The quantitative estimate of drug-likeness (QED) is 0.686. The van der Waals surface area contributed by atoms with Gasteiger partial charge in [-0.3, -0.25) is 14.2 Å². The molecule has 8 heteroatoms. The lowest BCUT2D eigenvalue weighted by Gasteiger charge is -2.13. The summed E-state index contributed by atoms with van der Waals surface area (Å²) in [7, 11) is 1.28. The largest absolute Gasteiger partial charge is 0.467 e. The highest BCUT2D eigenvalue weighted by Gasteiger charge is 2.32. The second-order valence-corrected chi connectivity index (χ2v) is 7.41. The number of amides is 1. The number of rotatable bonds is 4. The number of thiophene rings is 1. The van der Waals surface area contributed by atoms with Crippen LogP contribution in [0.1, 0.15) is 28.0 Å². The van der Waals surface area contributed by atoms with E-state index in [1.807, 2.05) is 36.4 Å². The molecule has 3 heterocycles. The normalized spacial score (nSPS) is 15.1. The molecular weight excluding hydrogens is 378 g/mol. The highest BCUT2D eigenvalue weighted by Crippen LogP contribution is 2.28. The standard InChI is InChI=1S/C20H17N3O4S/c1-27-20(26)14-7-10-17-21-11-13(19(25)23(14)17)22-18(24)16-9-8-15(28-16)12-5-3-2-4-6-12/h2-6,8-9,11,14H,7,10H2,1H3,(H,22,24)/t14-/m0/s1. The number of nitrogens with zero attached hydrogens (tertiary/aromatic N) is 2.